The zero-order valence-electron chi connectivity index (χ0n) is 9.48. The van der Waals surface area contributed by atoms with Crippen LogP contribution in [-0.4, -0.2) is 15.4 Å². The van der Waals surface area contributed by atoms with Crippen LogP contribution in [0.1, 0.15) is 40.7 Å². The van der Waals surface area contributed by atoms with Gasteiger partial charge in [-0.05, 0) is 29.6 Å². The van der Waals surface area contributed by atoms with Gasteiger partial charge >= 0.3 is 0 Å². The van der Waals surface area contributed by atoms with Crippen molar-refractivity contribution in [3.05, 3.63) is 45.4 Å². The molecule has 1 aromatic heterocycles. The maximum Gasteiger partial charge on any atom is 0.206 e. The van der Waals surface area contributed by atoms with Gasteiger partial charge in [-0.15, -0.1) is 5.10 Å². The Hall–Kier alpha value is -1.26. The summed E-state index contributed by atoms with van der Waals surface area (Å²) in [6.07, 6.45) is 0. The quantitative estimate of drug-likeness (QED) is 0.798. The minimum absolute atomic E-state index is 0.0637. The fourth-order valence-corrected chi connectivity index (χ4v) is 2.47. The van der Waals surface area contributed by atoms with Gasteiger partial charge in [0.25, 0.3) is 0 Å². The number of carbonyl (C=O) groups excluding carboxylic acids is 1. The minimum Gasteiger partial charge on any atom is -0.288 e. The molecule has 0 fully saturated rings. The molecule has 0 bridgehead atoms. The van der Waals surface area contributed by atoms with Gasteiger partial charge in [-0.3, -0.25) is 4.79 Å². The zero-order chi connectivity index (χ0) is 12.4. The number of benzene rings is 1. The molecule has 0 spiro atoms. The largest absolute Gasteiger partial charge is 0.288 e. The van der Waals surface area contributed by atoms with Gasteiger partial charge in [0.05, 0.1) is 5.69 Å². The van der Waals surface area contributed by atoms with Gasteiger partial charge in [-0.1, -0.05) is 42.1 Å². The normalized spacial score (nSPS) is 10.8. The number of hydrogen-bond acceptors (Lipinski definition) is 4. The molecule has 2 aromatic rings. The Morgan fingerprint density at radius 3 is 2.82 bits per heavy atom. The van der Waals surface area contributed by atoms with Gasteiger partial charge in [-0.2, -0.15) is 0 Å². The van der Waals surface area contributed by atoms with Crippen LogP contribution in [0.4, 0.5) is 0 Å². The number of carbonyl (C=O) groups is 1. The van der Waals surface area contributed by atoms with E-state index in [1.54, 1.807) is 24.3 Å². The van der Waals surface area contributed by atoms with Gasteiger partial charge in [0.2, 0.25) is 5.78 Å². The van der Waals surface area contributed by atoms with Crippen LogP contribution in [0, 0.1) is 0 Å². The van der Waals surface area contributed by atoms with E-state index in [0.29, 0.717) is 15.5 Å². The van der Waals surface area contributed by atoms with E-state index in [-0.39, 0.29) is 11.7 Å². The standard InChI is InChI=1S/C12H11ClN2OS/c1-7(2)10-12(17-15-14-10)11(16)8-4-3-5-9(13)6-8/h3-7H,1-2H3. The second-order valence-corrected chi connectivity index (χ2v) is 5.17. The monoisotopic (exact) mass is 266 g/mol. The van der Waals surface area contributed by atoms with E-state index >= 15 is 0 Å². The molecule has 0 atom stereocenters. The van der Waals surface area contributed by atoms with Gasteiger partial charge in [0.1, 0.15) is 4.88 Å². The van der Waals surface area contributed by atoms with Crippen LogP contribution in [0.5, 0.6) is 0 Å². The zero-order valence-corrected chi connectivity index (χ0v) is 11.0. The van der Waals surface area contributed by atoms with Crippen molar-refractivity contribution in [1.29, 1.82) is 0 Å². The van der Waals surface area contributed by atoms with Crippen LogP contribution < -0.4 is 0 Å². The first-order valence-electron chi connectivity index (χ1n) is 5.22. The summed E-state index contributed by atoms with van der Waals surface area (Å²) in [5.74, 6) is 0.123. The topological polar surface area (TPSA) is 42.9 Å². The third-order valence-electron chi connectivity index (χ3n) is 2.35. The first kappa shape index (κ1) is 12.2. The average Bonchev–Trinajstić information content (AvgIpc) is 2.77. The Labute approximate surface area is 109 Å². The van der Waals surface area contributed by atoms with E-state index in [4.69, 9.17) is 11.6 Å². The molecule has 88 valence electrons. The lowest BCUT2D eigenvalue weighted by Gasteiger charge is -2.03. The molecule has 0 unspecified atom stereocenters. The average molecular weight is 267 g/mol. The summed E-state index contributed by atoms with van der Waals surface area (Å²) in [6.45, 7) is 3.98. The van der Waals surface area contributed by atoms with Crippen molar-refractivity contribution in [1.82, 2.24) is 9.59 Å². The first-order valence-corrected chi connectivity index (χ1v) is 6.37. The molecule has 0 aliphatic carbocycles. The predicted molar refractivity (Wildman–Crippen MR) is 68.9 cm³/mol. The summed E-state index contributed by atoms with van der Waals surface area (Å²) in [4.78, 5) is 12.9. The van der Waals surface area contributed by atoms with E-state index in [0.717, 1.165) is 17.2 Å². The molecule has 1 aromatic carbocycles. The molecule has 0 aliphatic rings. The van der Waals surface area contributed by atoms with Crippen molar-refractivity contribution < 1.29 is 4.79 Å². The molecule has 0 saturated carbocycles. The molecule has 5 heteroatoms. The third kappa shape index (κ3) is 2.53. The second-order valence-electron chi connectivity index (χ2n) is 3.98. The highest BCUT2D eigenvalue weighted by atomic mass is 35.5. The van der Waals surface area contributed by atoms with Crippen LogP contribution in [-0.2, 0) is 0 Å². The summed E-state index contributed by atoms with van der Waals surface area (Å²) in [6, 6.07) is 6.91. The number of rotatable bonds is 3. The fourth-order valence-electron chi connectivity index (χ4n) is 1.49. The summed E-state index contributed by atoms with van der Waals surface area (Å²) in [5, 5.41) is 4.55. The van der Waals surface area contributed by atoms with Crippen LogP contribution in [0.3, 0.4) is 0 Å². The Morgan fingerprint density at radius 2 is 2.18 bits per heavy atom. The van der Waals surface area contributed by atoms with Crippen molar-refractivity contribution in [2.24, 2.45) is 0 Å². The summed E-state index contributed by atoms with van der Waals surface area (Å²) in [5.41, 5.74) is 1.32. The number of ketones is 1. The lowest BCUT2D eigenvalue weighted by molar-refractivity contribution is 0.104. The van der Waals surface area contributed by atoms with Crippen molar-refractivity contribution in [3.63, 3.8) is 0 Å². The molecular weight excluding hydrogens is 256 g/mol. The predicted octanol–water partition coefficient (Wildman–Crippen LogP) is 3.55. The molecular formula is C12H11ClN2OS. The van der Waals surface area contributed by atoms with E-state index < -0.39 is 0 Å². The SMILES string of the molecule is CC(C)c1nnsc1C(=O)c1cccc(Cl)c1. The molecule has 0 aliphatic heterocycles. The maximum atomic E-state index is 12.3. The van der Waals surface area contributed by atoms with E-state index in [1.807, 2.05) is 13.8 Å². The van der Waals surface area contributed by atoms with Gasteiger partial charge in [0.15, 0.2) is 0 Å². The number of aromatic nitrogens is 2. The van der Waals surface area contributed by atoms with Crippen molar-refractivity contribution in [2.45, 2.75) is 19.8 Å². The van der Waals surface area contributed by atoms with Crippen LogP contribution >= 0.6 is 23.1 Å². The Morgan fingerprint density at radius 1 is 1.41 bits per heavy atom. The van der Waals surface area contributed by atoms with Crippen LogP contribution in [0.15, 0.2) is 24.3 Å². The highest BCUT2D eigenvalue weighted by molar-refractivity contribution is 7.08. The minimum atomic E-state index is -0.0637. The van der Waals surface area contributed by atoms with Crippen LogP contribution in [0.25, 0.3) is 0 Å². The summed E-state index contributed by atoms with van der Waals surface area (Å²) < 4.78 is 3.85. The number of nitrogens with zero attached hydrogens (tertiary/aromatic N) is 2. The van der Waals surface area contributed by atoms with Gasteiger partial charge in [-0.25, -0.2) is 0 Å². The molecule has 0 amide bonds. The highest BCUT2D eigenvalue weighted by Crippen LogP contribution is 2.23. The van der Waals surface area contributed by atoms with Crippen molar-refractivity contribution in [3.8, 4) is 0 Å². The Balaban J connectivity index is 2.41. The smallest absolute Gasteiger partial charge is 0.206 e. The van der Waals surface area contributed by atoms with Crippen LogP contribution in [0.2, 0.25) is 5.02 Å². The van der Waals surface area contributed by atoms with Crippen molar-refractivity contribution in [2.75, 3.05) is 0 Å². The van der Waals surface area contributed by atoms with Crippen molar-refractivity contribution >= 4 is 28.9 Å². The van der Waals surface area contributed by atoms with E-state index in [1.165, 1.54) is 0 Å². The summed E-state index contributed by atoms with van der Waals surface area (Å²) >= 11 is 7.01. The molecule has 1 heterocycles. The molecule has 0 radical (unpaired) electrons. The van der Waals surface area contributed by atoms with Gasteiger partial charge in [0, 0.05) is 10.6 Å². The molecule has 3 nitrogen and oxygen atoms in total. The number of halogens is 1. The van der Waals surface area contributed by atoms with E-state index in [2.05, 4.69) is 9.59 Å². The lowest BCUT2D eigenvalue weighted by Crippen LogP contribution is -2.03. The first-order chi connectivity index (χ1) is 8.09. The molecule has 0 saturated heterocycles. The molecule has 2 rings (SSSR count). The Bertz CT molecular complexity index is 551. The molecule has 0 N–H and O–H groups in total. The molecule has 17 heavy (non-hydrogen) atoms. The second kappa shape index (κ2) is 4.94. The fraction of sp³-hybridized carbons (Fsp3) is 0.250. The maximum absolute atomic E-state index is 12.3. The Kier molecular flexibility index (Phi) is 3.54. The van der Waals surface area contributed by atoms with Gasteiger partial charge < -0.3 is 0 Å². The third-order valence-corrected chi connectivity index (χ3v) is 3.33. The lowest BCUT2D eigenvalue weighted by atomic mass is 10.0. The number of hydrogen-bond donors (Lipinski definition) is 0. The highest BCUT2D eigenvalue weighted by Gasteiger charge is 2.19. The van der Waals surface area contributed by atoms with E-state index in [9.17, 15) is 4.79 Å². The summed E-state index contributed by atoms with van der Waals surface area (Å²) in [7, 11) is 0.